The third-order valence-corrected chi connectivity index (χ3v) is 7.40. The molecule has 2 aromatic heterocycles. The molecular formula is C18H27FIN5O3Si. The average molecular weight is 535 g/mol. The smallest absolute Gasteiger partial charge is 0.404 e. The lowest BCUT2D eigenvalue weighted by atomic mass is 10.0. The van der Waals surface area contributed by atoms with Crippen LogP contribution in [0.5, 0.6) is 0 Å². The minimum absolute atomic E-state index is 0.0790. The van der Waals surface area contributed by atoms with Crippen LogP contribution in [0.4, 0.5) is 15.0 Å². The fourth-order valence-corrected chi connectivity index (χ4v) is 4.70. The Kier molecular flexibility index (Phi) is 6.99. The lowest BCUT2D eigenvalue weighted by molar-refractivity contribution is 0.0898. The van der Waals surface area contributed by atoms with Gasteiger partial charge in [0.1, 0.15) is 24.2 Å². The number of aromatic nitrogens is 3. The van der Waals surface area contributed by atoms with E-state index in [0.29, 0.717) is 37.8 Å². The number of nitrogens with one attached hydrogen (secondary N) is 1. The summed E-state index contributed by atoms with van der Waals surface area (Å²) in [7, 11) is -1.15. The van der Waals surface area contributed by atoms with E-state index in [-0.39, 0.29) is 6.54 Å². The molecule has 0 radical (unpaired) electrons. The lowest BCUT2D eigenvalue weighted by Crippen LogP contribution is -2.52. The highest BCUT2D eigenvalue weighted by atomic mass is 127. The highest BCUT2D eigenvalue weighted by Crippen LogP contribution is 2.25. The van der Waals surface area contributed by atoms with Crippen molar-refractivity contribution in [3.63, 3.8) is 0 Å². The fourth-order valence-electron chi connectivity index (χ4n) is 3.22. The van der Waals surface area contributed by atoms with Gasteiger partial charge in [0.05, 0.1) is 22.4 Å². The second kappa shape index (κ2) is 9.12. The highest BCUT2D eigenvalue weighted by molar-refractivity contribution is 14.1. The number of ether oxygens (including phenoxy) is 1. The quantitative estimate of drug-likeness (QED) is 0.320. The Hall–Kier alpha value is -1.47. The molecule has 0 aliphatic carbocycles. The van der Waals surface area contributed by atoms with Crippen molar-refractivity contribution in [3.8, 4) is 0 Å². The van der Waals surface area contributed by atoms with Gasteiger partial charge in [0.2, 0.25) is 0 Å². The maximum absolute atomic E-state index is 14.4. The Morgan fingerprint density at radius 1 is 1.48 bits per heavy atom. The lowest BCUT2D eigenvalue weighted by Gasteiger charge is -2.35. The van der Waals surface area contributed by atoms with Crippen LogP contribution in [0.1, 0.15) is 6.42 Å². The topological polar surface area (TPSA) is 92.5 Å². The number of amides is 1. The number of carboxylic acid groups (broad SMARTS) is 1. The summed E-state index contributed by atoms with van der Waals surface area (Å²) in [5.74, 6) is 0.590. The number of carbonyl (C=O) groups is 1. The van der Waals surface area contributed by atoms with Gasteiger partial charge in [-0.2, -0.15) is 0 Å². The molecule has 1 amide bonds. The van der Waals surface area contributed by atoms with Crippen molar-refractivity contribution >= 4 is 53.7 Å². The van der Waals surface area contributed by atoms with E-state index >= 15 is 0 Å². The Balaban J connectivity index is 1.71. The van der Waals surface area contributed by atoms with Crippen molar-refractivity contribution in [3.05, 3.63) is 16.0 Å². The van der Waals surface area contributed by atoms with Gasteiger partial charge in [-0.1, -0.05) is 19.6 Å². The first-order valence-corrected chi connectivity index (χ1v) is 14.4. The third kappa shape index (κ3) is 5.78. The summed E-state index contributed by atoms with van der Waals surface area (Å²) in [5, 5.41) is 11.1. The number of nitrogens with zero attached hydrogens (tertiary/aromatic N) is 4. The largest absolute Gasteiger partial charge is 0.465 e. The van der Waals surface area contributed by atoms with Gasteiger partial charge in [0.25, 0.3) is 0 Å². The summed E-state index contributed by atoms with van der Waals surface area (Å²) < 4.78 is 23.2. The number of piperidine rings is 1. The summed E-state index contributed by atoms with van der Waals surface area (Å²) in [6.45, 7) is 8.65. The molecule has 11 heteroatoms. The van der Waals surface area contributed by atoms with E-state index in [1.165, 1.54) is 0 Å². The van der Waals surface area contributed by atoms with Crippen LogP contribution < -0.4 is 10.2 Å². The molecule has 1 aliphatic heterocycles. The Bertz CT molecular complexity index is 875. The average Bonchev–Trinajstić information content (AvgIpc) is 2.95. The number of hydrogen-bond acceptors (Lipinski definition) is 5. The minimum atomic E-state index is -1.30. The first-order chi connectivity index (χ1) is 13.6. The van der Waals surface area contributed by atoms with Crippen LogP contribution in [0.15, 0.2) is 12.4 Å². The van der Waals surface area contributed by atoms with Crippen LogP contribution in [0.25, 0.3) is 11.2 Å². The predicted octanol–water partition coefficient (Wildman–Crippen LogP) is 3.53. The van der Waals surface area contributed by atoms with Crippen LogP contribution in [0.2, 0.25) is 25.7 Å². The first kappa shape index (κ1) is 22.2. The molecular weight excluding hydrogens is 508 g/mol. The zero-order chi connectivity index (χ0) is 21.2. The molecule has 8 nitrogen and oxygen atoms in total. The predicted molar refractivity (Wildman–Crippen MR) is 121 cm³/mol. The molecule has 3 heterocycles. The molecule has 3 rings (SSSR count). The van der Waals surface area contributed by atoms with E-state index in [0.717, 1.165) is 15.1 Å². The second-order valence-electron chi connectivity index (χ2n) is 8.50. The number of anilines is 1. The monoisotopic (exact) mass is 535 g/mol. The Morgan fingerprint density at radius 3 is 2.90 bits per heavy atom. The molecule has 0 unspecified atom stereocenters. The zero-order valence-corrected chi connectivity index (χ0v) is 20.0. The van der Waals surface area contributed by atoms with Gasteiger partial charge in [0, 0.05) is 27.4 Å². The van der Waals surface area contributed by atoms with Crippen LogP contribution in [0.3, 0.4) is 0 Å². The number of fused-ring (bicyclic) bond motifs is 1. The van der Waals surface area contributed by atoms with E-state index in [2.05, 4.69) is 52.5 Å². The van der Waals surface area contributed by atoms with Gasteiger partial charge < -0.3 is 24.6 Å². The summed E-state index contributed by atoms with van der Waals surface area (Å²) in [6.07, 6.45) is 1.50. The van der Waals surface area contributed by atoms with Gasteiger partial charge >= 0.3 is 6.09 Å². The first-order valence-electron chi connectivity index (χ1n) is 9.61. The normalized spacial score (nSPS) is 20.2. The van der Waals surface area contributed by atoms with Gasteiger partial charge in [0.15, 0.2) is 5.65 Å². The van der Waals surface area contributed by atoms with Crippen molar-refractivity contribution in [2.75, 3.05) is 24.6 Å². The minimum Gasteiger partial charge on any atom is -0.465 e. The van der Waals surface area contributed by atoms with Gasteiger partial charge in [-0.15, -0.1) is 0 Å². The SMILES string of the molecule is C[Si](C)(C)CCOCn1cc(I)c2ncc(N3CC[C@@H](NC(=O)O)[C@H](F)C3)nc21. The van der Waals surface area contributed by atoms with E-state index in [1.54, 1.807) is 6.20 Å². The molecule has 160 valence electrons. The number of rotatable bonds is 7. The molecule has 0 spiro atoms. The standard InChI is InChI=1S/C18H27FIN5O3Si/c1-29(2,3)7-6-28-11-25-10-13(20)16-17(25)23-15(8-21-16)24-5-4-14(12(19)9-24)22-18(26)27/h8,10,12,14,22H,4-7,9,11H2,1-3H3,(H,26,27)/t12-,14-/m1/s1. The number of hydrogen-bond donors (Lipinski definition) is 2. The molecule has 0 saturated carbocycles. The zero-order valence-electron chi connectivity index (χ0n) is 16.9. The second-order valence-corrected chi connectivity index (χ2v) is 15.3. The summed E-state index contributed by atoms with van der Waals surface area (Å²) in [6, 6.07) is 0.405. The van der Waals surface area contributed by atoms with Gasteiger partial charge in [-0.05, 0) is 35.1 Å². The highest BCUT2D eigenvalue weighted by Gasteiger charge is 2.31. The van der Waals surface area contributed by atoms with Gasteiger partial charge in [-0.3, -0.25) is 0 Å². The maximum atomic E-state index is 14.4. The molecule has 1 saturated heterocycles. The van der Waals surface area contributed by atoms with E-state index < -0.39 is 26.4 Å². The number of halogens is 2. The molecule has 2 aromatic rings. The van der Waals surface area contributed by atoms with Crippen LogP contribution >= 0.6 is 22.6 Å². The molecule has 1 aliphatic rings. The van der Waals surface area contributed by atoms with Crippen molar-refractivity contribution in [2.45, 2.75) is 51.1 Å². The van der Waals surface area contributed by atoms with Crippen LogP contribution in [-0.2, 0) is 11.5 Å². The maximum Gasteiger partial charge on any atom is 0.404 e. The fraction of sp³-hybridized carbons (Fsp3) is 0.611. The number of alkyl halides is 1. The van der Waals surface area contributed by atoms with Crippen molar-refractivity contribution in [2.24, 2.45) is 0 Å². The molecule has 2 N–H and O–H groups in total. The summed E-state index contributed by atoms with van der Waals surface area (Å²) in [4.78, 5) is 21.8. The summed E-state index contributed by atoms with van der Waals surface area (Å²) >= 11 is 2.23. The molecule has 1 fully saturated rings. The molecule has 2 atom stereocenters. The van der Waals surface area contributed by atoms with Crippen LogP contribution in [-0.4, -0.2) is 65.7 Å². The van der Waals surface area contributed by atoms with E-state index in [1.807, 2.05) is 15.7 Å². The van der Waals surface area contributed by atoms with Crippen LogP contribution in [0, 0.1) is 3.57 Å². The van der Waals surface area contributed by atoms with Gasteiger partial charge in [-0.25, -0.2) is 19.2 Å². The molecule has 29 heavy (non-hydrogen) atoms. The third-order valence-electron chi connectivity index (χ3n) is 4.91. The van der Waals surface area contributed by atoms with E-state index in [9.17, 15) is 9.18 Å². The van der Waals surface area contributed by atoms with Crippen molar-refractivity contribution in [1.29, 1.82) is 0 Å². The Labute approximate surface area is 184 Å². The summed E-state index contributed by atoms with van der Waals surface area (Å²) in [5.41, 5.74) is 1.50. The van der Waals surface area contributed by atoms with Crippen molar-refractivity contribution in [1.82, 2.24) is 19.9 Å². The van der Waals surface area contributed by atoms with E-state index in [4.69, 9.17) is 14.8 Å². The molecule has 0 aromatic carbocycles. The Morgan fingerprint density at radius 2 is 2.24 bits per heavy atom. The molecule has 0 bridgehead atoms. The van der Waals surface area contributed by atoms with Crippen molar-refractivity contribution < 1.29 is 19.0 Å².